The molecule has 1 amide bonds. The van der Waals surface area contributed by atoms with E-state index in [4.69, 9.17) is 16.7 Å². The van der Waals surface area contributed by atoms with Crippen molar-refractivity contribution in [2.24, 2.45) is 0 Å². The number of benzene rings is 1. The molecule has 1 heterocycles. The maximum Gasteiger partial charge on any atom is 0.325 e. The van der Waals surface area contributed by atoms with Crippen molar-refractivity contribution in [1.29, 1.82) is 0 Å². The quantitative estimate of drug-likeness (QED) is 0.892. The van der Waals surface area contributed by atoms with Gasteiger partial charge in [-0.25, -0.2) is 4.68 Å². The van der Waals surface area contributed by atoms with E-state index in [0.29, 0.717) is 10.7 Å². The lowest BCUT2D eigenvalue weighted by Gasteiger charge is -2.06. The Morgan fingerprint density at radius 2 is 2.20 bits per heavy atom. The zero-order valence-corrected chi connectivity index (χ0v) is 11.3. The van der Waals surface area contributed by atoms with Crippen LogP contribution in [0.15, 0.2) is 24.4 Å². The lowest BCUT2D eigenvalue weighted by molar-refractivity contribution is -0.137. The zero-order valence-electron chi connectivity index (χ0n) is 10.5. The van der Waals surface area contributed by atoms with Gasteiger partial charge in [0.2, 0.25) is 0 Å². The topological polar surface area (TPSA) is 97.1 Å². The van der Waals surface area contributed by atoms with Gasteiger partial charge in [0.1, 0.15) is 6.54 Å². The molecule has 0 aliphatic carbocycles. The number of hydrogen-bond donors (Lipinski definition) is 2. The molecule has 2 aromatic rings. The number of carbonyl (C=O) groups is 2. The van der Waals surface area contributed by atoms with Gasteiger partial charge in [0.25, 0.3) is 5.91 Å². The second kappa shape index (κ2) is 5.70. The third-order valence-electron chi connectivity index (χ3n) is 2.52. The second-order valence-corrected chi connectivity index (χ2v) is 4.54. The number of nitrogens with one attached hydrogen (secondary N) is 1. The molecule has 1 aromatic heterocycles. The smallest absolute Gasteiger partial charge is 0.325 e. The first-order valence-corrected chi connectivity index (χ1v) is 6.03. The average Bonchev–Trinajstić information content (AvgIpc) is 2.81. The van der Waals surface area contributed by atoms with Crippen molar-refractivity contribution in [3.05, 3.63) is 40.7 Å². The Hall–Kier alpha value is -2.41. The summed E-state index contributed by atoms with van der Waals surface area (Å²) in [5.41, 5.74) is 1.45. The van der Waals surface area contributed by atoms with Gasteiger partial charge in [-0.1, -0.05) is 22.9 Å². The fourth-order valence-corrected chi connectivity index (χ4v) is 1.71. The summed E-state index contributed by atoms with van der Waals surface area (Å²) in [4.78, 5) is 22.5. The molecule has 0 atom stereocenters. The number of carboxylic acid groups (broad SMARTS) is 1. The second-order valence-electron chi connectivity index (χ2n) is 4.11. The van der Waals surface area contributed by atoms with Gasteiger partial charge >= 0.3 is 5.97 Å². The SMILES string of the molecule is Cc1ccc(Cl)cc1NC(=O)c1cn(CC(=O)O)nn1. The van der Waals surface area contributed by atoms with E-state index in [-0.39, 0.29) is 12.2 Å². The van der Waals surface area contributed by atoms with Crippen LogP contribution in [0, 0.1) is 6.92 Å². The Balaban J connectivity index is 2.13. The van der Waals surface area contributed by atoms with Gasteiger partial charge in [-0.05, 0) is 24.6 Å². The van der Waals surface area contributed by atoms with E-state index in [1.807, 2.05) is 6.92 Å². The Labute approximate surface area is 119 Å². The number of carboxylic acids is 1. The number of aromatic nitrogens is 3. The van der Waals surface area contributed by atoms with E-state index in [9.17, 15) is 9.59 Å². The summed E-state index contributed by atoms with van der Waals surface area (Å²) in [6, 6.07) is 5.12. The monoisotopic (exact) mass is 294 g/mol. The highest BCUT2D eigenvalue weighted by atomic mass is 35.5. The van der Waals surface area contributed by atoms with Crippen LogP contribution in [0.25, 0.3) is 0 Å². The highest BCUT2D eigenvalue weighted by Crippen LogP contribution is 2.20. The maximum absolute atomic E-state index is 12.0. The Kier molecular flexibility index (Phi) is 3.99. The zero-order chi connectivity index (χ0) is 14.7. The molecule has 0 saturated carbocycles. The van der Waals surface area contributed by atoms with E-state index >= 15 is 0 Å². The average molecular weight is 295 g/mol. The molecule has 0 aliphatic rings. The minimum absolute atomic E-state index is 0.0330. The summed E-state index contributed by atoms with van der Waals surface area (Å²) in [5, 5.41) is 18.9. The number of aliphatic carboxylic acids is 1. The fraction of sp³-hybridized carbons (Fsp3) is 0.167. The Bertz CT molecular complexity index is 668. The van der Waals surface area contributed by atoms with Crippen molar-refractivity contribution in [3.63, 3.8) is 0 Å². The number of carbonyl (C=O) groups excluding carboxylic acids is 1. The molecule has 2 rings (SSSR count). The first-order chi connectivity index (χ1) is 9.45. The molecule has 0 unspecified atom stereocenters. The predicted molar refractivity (Wildman–Crippen MR) is 71.8 cm³/mol. The molecule has 8 heteroatoms. The van der Waals surface area contributed by atoms with E-state index in [1.54, 1.807) is 18.2 Å². The minimum atomic E-state index is -1.06. The normalized spacial score (nSPS) is 10.3. The van der Waals surface area contributed by atoms with Crippen molar-refractivity contribution in [2.75, 3.05) is 5.32 Å². The predicted octanol–water partition coefficient (Wildman–Crippen LogP) is 1.58. The number of rotatable bonds is 4. The highest BCUT2D eigenvalue weighted by Gasteiger charge is 2.13. The molecule has 7 nitrogen and oxygen atoms in total. The van der Waals surface area contributed by atoms with E-state index in [2.05, 4.69) is 15.6 Å². The first-order valence-electron chi connectivity index (χ1n) is 5.65. The number of anilines is 1. The van der Waals surface area contributed by atoms with Crippen LogP contribution >= 0.6 is 11.6 Å². The van der Waals surface area contributed by atoms with Gasteiger partial charge in [0, 0.05) is 10.7 Å². The van der Waals surface area contributed by atoms with Crippen molar-refractivity contribution in [3.8, 4) is 0 Å². The summed E-state index contributed by atoms with van der Waals surface area (Å²) in [6.45, 7) is 1.48. The van der Waals surface area contributed by atoms with Gasteiger partial charge in [0.05, 0.1) is 6.20 Å². The van der Waals surface area contributed by atoms with E-state index < -0.39 is 11.9 Å². The lowest BCUT2D eigenvalue weighted by Crippen LogP contribution is -2.13. The lowest BCUT2D eigenvalue weighted by atomic mass is 10.2. The molecule has 0 aliphatic heterocycles. The van der Waals surface area contributed by atoms with Crippen LogP contribution in [0.4, 0.5) is 5.69 Å². The van der Waals surface area contributed by atoms with Crippen molar-refractivity contribution in [2.45, 2.75) is 13.5 Å². The van der Waals surface area contributed by atoms with E-state index in [1.165, 1.54) is 6.20 Å². The van der Waals surface area contributed by atoms with Crippen molar-refractivity contribution in [1.82, 2.24) is 15.0 Å². The number of hydrogen-bond acceptors (Lipinski definition) is 4. The number of aryl methyl sites for hydroxylation is 1. The summed E-state index contributed by atoms with van der Waals surface area (Å²) < 4.78 is 1.07. The molecule has 0 spiro atoms. The minimum Gasteiger partial charge on any atom is -0.480 e. The first kappa shape index (κ1) is 14.0. The van der Waals surface area contributed by atoms with Crippen LogP contribution in [-0.4, -0.2) is 32.0 Å². The van der Waals surface area contributed by atoms with Crippen LogP contribution in [-0.2, 0) is 11.3 Å². The number of amides is 1. The van der Waals surface area contributed by atoms with Crippen LogP contribution in [0.2, 0.25) is 5.02 Å². The molecule has 2 N–H and O–H groups in total. The molecule has 0 saturated heterocycles. The largest absolute Gasteiger partial charge is 0.480 e. The third kappa shape index (κ3) is 3.33. The molecular formula is C12H11ClN4O3. The van der Waals surface area contributed by atoms with Gasteiger partial charge in [0.15, 0.2) is 5.69 Å². The van der Waals surface area contributed by atoms with Crippen LogP contribution in [0.5, 0.6) is 0 Å². The van der Waals surface area contributed by atoms with Gasteiger partial charge in [-0.3, -0.25) is 9.59 Å². The maximum atomic E-state index is 12.0. The van der Waals surface area contributed by atoms with Crippen LogP contribution in [0.3, 0.4) is 0 Å². The number of halogens is 1. The van der Waals surface area contributed by atoms with Crippen LogP contribution in [0.1, 0.15) is 16.1 Å². The fourth-order valence-electron chi connectivity index (χ4n) is 1.53. The highest BCUT2D eigenvalue weighted by molar-refractivity contribution is 6.31. The Morgan fingerprint density at radius 3 is 2.90 bits per heavy atom. The molecule has 0 fully saturated rings. The summed E-state index contributed by atoms with van der Waals surface area (Å²) in [5.74, 6) is -1.54. The van der Waals surface area contributed by atoms with Gasteiger partial charge in [-0.2, -0.15) is 0 Å². The number of nitrogens with zero attached hydrogens (tertiary/aromatic N) is 3. The standard InChI is InChI=1S/C12H11ClN4O3/c1-7-2-3-8(13)4-9(7)14-12(20)10-5-17(16-15-10)6-11(18)19/h2-5H,6H2,1H3,(H,14,20)(H,18,19). The molecule has 20 heavy (non-hydrogen) atoms. The van der Waals surface area contributed by atoms with Crippen LogP contribution < -0.4 is 5.32 Å². The van der Waals surface area contributed by atoms with Crippen molar-refractivity contribution < 1.29 is 14.7 Å². The molecule has 0 bridgehead atoms. The van der Waals surface area contributed by atoms with E-state index in [0.717, 1.165) is 10.2 Å². The summed E-state index contributed by atoms with van der Waals surface area (Å²) in [7, 11) is 0. The molecule has 104 valence electrons. The molecule has 1 aromatic carbocycles. The third-order valence-corrected chi connectivity index (χ3v) is 2.75. The summed E-state index contributed by atoms with van der Waals surface area (Å²) >= 11 is 5.86. The van der Waals surface area contributed by atoms with Gasteiger partial charge in [-0.15, -0.1) is 5.10 Å². The van der Waals surface area contributed by atoms with Gasteiger partial charge < -0.3 is 10.4 Å². The Morgan fingerprint density at radius 1 is 1.45 bits per heavy atom. The van der Waals surface area contributed by atoms with Crippen molar-refractivity contribution >= 4 is 29.2 Å². The molecular weight excluding hydrogens is 284 g/mol. The summed E-state index contributed by atoms with van der Waals surface area (Å²) in [6.07, 6.45) is 1.27. The molecule has 0 radical (unpaired) electrons.